The van der Waals surface area contributed by atoms with Gasteiger partial charge in [-0.25, -0.2) is 28.3 Å². The van der Waals surface area contributed by atoms with Gasteiger partial charge in [0, 0.05) is 25.1 Å². The molecule has 0 saturated carbocycles. The van der Waals surface area contributed by atoms with Gasteiger partial charge in [0.05, 0.1) is 17.0 Å². The summed E-state index contributed by atoms with van der Waals surface area (Å²) < 4.78 is 22.1. The number of anilines is 1. The zero-order valence-corrected chi connectivity index (χ0v) is 12.0. The van der Waals surface area contributed by atoms with Gasteiger partial charge in [0.15, 0.2) is 0 Å². The highest BCUT2D eigenvalue weighted by Gasteiger charge is 2.34. The van der Waals surface area contributed by atoms with Crippen molar-refractivity contribution in [2.24, 2.45) is 11.1 Å². The van der Waals surface area contributed by atoms with Crippen LogP contribution in [0.25, 0.3) is 0 Å². The number of carbonyl (C=O) groups is 2. The highest BCUT2D eigenvalue weighted by atomic mass is 32.2. The Bertz CT molecular complexity index is 703. The number of carbonyl (C=O) groups excluding carboxylic acids is 1. The molecule has 1 unspecified atom stereocenters. The minimum atomic E-state index is -3.66. The molecule has 0 aliphatic carbocycles. The normalized spacial score (nSPS) is 19.0. The van der Waals surface area contributed by atoms with E-state index in [1.54, 1.807) is 0 Å². The molecule has 1 aliphatic heterocycles. The van der Waals surface area contributed by atoms with E-state index in [0.29, 0.717) is 0 Å². The van der Waals surface area contributed by atoms with Crippen LogP contribution in [-0.4, -0.2) is 47.7 Å². The number of aryl methyl sites for hydroxylation is 1. The average Bonchev–Trinajstić information content (AvgIpc) is 2.66. The minimum Gasteiger partial charge on any atom is -0.478 e. The van der Waals surface area contributed by atoms with Crippen LogP contribution in [0, 0.1) is 12.8 Å². The van der Waals surface area contributed by atoms with Gasteiger partial charge in [0.1, 0.15) is 0 Å². The van der Waals surface area contributed by atoms with E-state index < -0.39 is 21.9 Å². The first-order valence-corrected chi connectivity index (χ1v) is 7.76. The summed E-state index contributed by atoms with van der Waals surface area (Å²) in [6.45, 7) is 1.64. The maximum absolute atomic E-state index is 11.9. The molecule has 0 bridgehead atoms. The molecule has 1 aliphatic rings. The predicted molar refractivity (Wildman–Crippen MR) is 72.2 cm³/mol. The lowest BCUT2D eigenvalue weighted by molar-refractivity contribution is -0.117. The lowest BCUT2D eigenvalue weighted by Gasteiger charge is -2.15. The van der Waals surface area contributed by atoms with E-state index >= 15 is 0 Å². The molecule has 1 amide bonds. The van der Waals surface area contributed by atoms with Crippen molar-refractivity contribution >= 4 is 27.8 Å². The lowest BCUT2D eigenvalue weighted by Crippen LogP contribution is -2.29. The van der Waals surface area contributed by atoms with Gasteiger partial charge >= 0.3 is 5.97 Å². The molecule has 0 spiro atoms. The third kappa shape index (κ3) is 3.52. The van der Waals surface area contributed by atoms with Gasteiger partial charge in [-0.1, -0.05) is 0 Å². The first-order chi connectivity index (χ1) is 9.67. The number of carboxylic acids is 1. The van der Waals surface area contributed by atoms with E-state index in [-0.39, 0.29) is 41.8 Å². The number of aromatic nitrogens is 2. The molecule has 1 saturated heterocycles. The summed E-state index contributed by atoms with van der Waals surface area (Å²) in [6.07, 6.45) is 1.17. The summed E-state index contributed by atoms with van der Waals surface area (Å²) in [6, 6.07) is 0. The SMILES string of the molecule is Cc1nc(N2CC(CS(N)(=O)=O)CC2=O)ncc1C(=O)O. The quantitative estimate of drug-likeness (QED) is 0.734. The molecule has 9 nitrogen and oxygen atoms in total. The van der Waals surface area contributed by atoms with E-state index in [4.69, 9.17) is 10.2 Å². The number of nitrogens with zero attached hydrogens (tertiary/aromatic N) is 3. The largest absolute Gasteiger partial charge is 0.478 e. The number of rotatable bonds is 4. The van der Waals surface area contributed by atoms with E-state index in [2.05, 4.69) is 9.97 Å². The molecule has 1 aromatic rings. The van der Waals surface area contributed by atoms with Gasteiger partial charge in [-0.2, -0.15) is 0 Å². The highest BCUT2D eigenvalue weighted by molar-refractivity contribution is 7.89. The van der Waals surface area contributed by atoms with Crippen LogP contribution in [-0.2, 0) is 14.8 Å². The van der Waals surface area contributed by atoms with Crippen LogP contribution < -0.4 is 10.0 Å². The number of sulfonamides is 1. The Morgan fingerprint density at radius 3 is 2.76 bits per heavy atom. The summed E-state index contributed by atoms with van der Waals surface area (Å²) in [5.41, 5.74) is 0.182. The van der Waals surface area contributed by atoms with Crippen LogP contribution in [0.4, 0.5) is 5.95 Å². The Morgan fingerprint density at radius 1 is 1.57 bits per heavy atom. The molecular formula is C11H14N4O5S. The first-order valence-electron chi connectivity index (χ1n) is 6.05. The fourth-order valence-corrected chi connectivity index (χ4v) is 3.09. The van der Waals surface area contributed by atoms with E-state index in [0.717, 1.165) is 6.20 Å². The molecular weight excluding hydrogens is 300 g/mol. The van der Waals surface area contributed by atoms with Gasteiger partial charge in [-0.3, -0.25) is 9.69 Å². The van der Waals surface area contributed by atoms with Gasteiger partial charge in [-0.15, -0.1) is 0 Å². The van der Waals surface area contributed by atoms with E-state index in [1.165, 1.54) is 11.8 Å². The molecule has 1 fully saturated rings. The minimum absolute atomic E-state index is 0.0412. The van der Waals surface area contributed by atoms with Crippen molar-refractivity contribution in [1.82, 2.24) is 9.97 Å². The average molecular weight is 314 g/mol. The number of nitrogens with two attached hydrogens (primary N) is 1. The van der Waals surface area contributed by atoms with Gasteiger partial charge in [0.2, 0.25) is 21.9 Å². The van der Waals surface area contributed by atoms with Crippen molar-refractivity contribution in [3.8, 4) is 0 Å². The third-order valence-electron chi connectivity index (χ3n) is 3.11. The van der Waals surface area contributed by atoms with Crippen LogP contribution in [0.2, 0.25) is 0 Å². The first kappa shape index (κ1) is 15.3. The van der Waals surface area contributed by atoms with Crippen LogP contribution in [0.5, 0.6) is 0 Å². The van der Waals surface area contributed by atoms with Crippen LogP contribution in [0.15, 0.2) is 6.20 Å². The molecule has 114 valence electrons. The topological polar surface area (TPSA) is 144 Å². The molecule has 3 N–H and O–H groups in total. The van der Waals surface area contributed by atoms with Crippen molar-refractivity contribution in [1.29, 1.82) is 0 Å². The number of amides is 1. The van der Waals surface area contributed by atoms with Crippen molar-refractivity contribution < 1.29 is 23.1 Å². The smallest absolute Gasteiger partial charge is 0.339 e. The Kier molecular flexibility index (Phi) is 3.92. The molecule has 0 aromatic carbocycles. The Balaban J connectivity index is 2.21. The van der Waals surface area contributed by atoms with Crippen LogP contribution in [0.1, 0.15) is 22.5 Å². The highest BCUT2D eigenvalue weighted by Crippen LogP contribution is 2.23. The van der Waals surface area contributed by atoms with Crippen molar-refractivity contribution in [2.45, 2.75) is 13.3 Å². The molecule has 2 heterocycles. The van der Waals surface area contributed by atoms with Crippen LogP contribution >= 0.6 is 0 Å². The second-order valence-electron chi connectivity index (χ2n) is 4.88. The Morgan fingerprint density at radius 2 is 2.24 bits per heavy atom. The second-order valence-corrected chi connectivity index (χ2v) is 6.54. The fraction of sp³-hybridized carbons (Fsp3) is 0.455. The van der Waals surface area contributed by atoms with Crippen molar-refractivity contribution in [2.75, 3.05) is 17.2 Å². The number of aromatic carboxylic acids is 1. The maximum Gasteiger partial charge on any atom is 0.339 e. The number of hydrogen-bond acceptors (Lipinski definition) is 6. The molecule has 21 heavy (non-hydrogen) atoms. The fourth-order valence-electron chi connectivity index (χ4n) is 2.21. The summed E-state index contributed by atoms with van der Waals surface area (Å²) in [5.74, 6) is -2.11. The Hall–Kier alpha value is -2.07. The zero-order valence-electron chi connectivity index (χ0n) is 11.2. The maximum atomic E-state index is 11.9. The number of primary sulfonamides is 1. The summed E-state index contributed by atoms with van der Waals surface area (Å²) in [7, 11) is -3.66. The third-order valence-corrected chi connectivity index (χ3v) is 4.05. The molecule has 0 radical (unpaired) electrons. The monoisotopic (exact) mass is 314 g/mol. The van der Waals surface area contributed by atoms with Gasteiger partial charge in [0.25, 0.3) is 0 Å². The predicted octanol–water partition coefficient (Wildman–Crippen LogP) is -0.875. The van der Waals surface area contributed by atoms with E-state index in [9.17, 15) is 18.0 Å². The summed E-state index contributed by atoms with van der Waals surface area (Å²) >= 11 is 0. The molecule has 1 aromatic heterocycles. The van der Waals surface area contributed by atoms with Gasteiger partial charge in [-0.05, 0) is 6.92 Å². The molecule has 10 heteroatoms. The Labute approximate surface area is 120 Å². The van der Waals surface area contributed by atoms with E-state index in [1.807, 2.05) is 0 Å². The number of carboxylic acid groups (broad SMARTS) is 1. The van der Waals surface area contributed by atoms with Gasteiger partial charge < -0.3 is 5.11 Å². The van der Waals surface area contributed by atoms with Crippen molar-refractivity contribution in [3.63, 3.8) is 0 Å². The zero-order chi connectivity index (χ0) is 15.8. The second kappa shape index (κ2) is 5.37. The lowest BCUT2D eigenvalue weighted by atomic mass is 10.1. The molecule has 2 rings (SSSR count). The van der Waals surface area contributed by atoms with Crippen molar-refractivity contribution in [3.05, 3.63) is 17.5 Å². The summed E-state index contributed by atoms with van der Waals surface area (Å²) in [5, 5.41) is 13.9. The summed E-state index contributed by atoms with van der Waals surface area (Å²) in [4.78, 5) is 31.9. The standard InChI is InChI=1S/C11H14N4O5S/c1-6-8(10(17)18)3-13-11(14-6)15-4-7(2-9(15)16)5-21(12,19)20/h3,7H,2,4-5H2,1H3,(H,17,18)(H2,12,19,20). The molecule has 1 atom stereocenters. The number of hydrogen-bond donors (Lipinski definition) is 2. The van der Waals surface area contributed by atoms with Crippen LogP contribution in [0.3, 0.4) is 0 Å².